The van der Waals surface area contributed by atoms with Crippen LogP contribution in [0.3, 0.4) is 0 Å². The number of methoxy groups -OCH3 is 1. The van der Waals surface area contributed by atoms with Gasteiger partial charge in [-0.05, 0) is 19.4 Å². The van der Waals surface area contributed by atoms with Crippen molar-refractivity contribution in [1.82, 2.24) is 0 Å². The molecule has 0 aromatic heterocycles. The SMILES string of the molecule is C=CC.COCc1ccccc1.Cc1ccccc1. The first kappa shape index (κ1) is 17.1. The number of benzene rings is 2. The average molecular weight is 256 g/mol. The van der Waals surface area contributed by atoms with Gasteiger partial charge in [0.2, 0.25) is 0 Å². The smallest absolute Gasteiger partial charge is 0.0713 e. The van der Waals surface area contributed by atoms with E-state index in [-0.39, 0.29) is 0 Å². The van der Waals surface area contributed by atoms with Crippen molar-refractivity contribution in [3.63, 3.8) is 0 Å². The third-order valence-electron chi connectivity index (χ3n) is 2.09. The van der Waals surface area contributed by atoms with Crippen LogP contribution in [-0.4, -0.2) is 7.11 Å². The molecule has 102 valence electrons. The minimum atomic E-state index is 0.709. The lowest BCUT2D eigenvalue weighted by Gasteiger charge is -1.95. The topological polar surface area (TPSA) is 9.23 Å². The van der Waals surface area contributed by atoms with E-state index in [1.165, 1.54) is 11.1 Å². The highest BCUT2D eigenvalue weighted by Gasteiger charge is 1.84. The Hall–Kier alpha value is -1.86. The fraction of sp³-hybridized carbons (Fsp3) is 0.222. The number of allylic oxidation sites excluding steroid dienone is 1. The molecule has 2 rings (SSSR count). The van der Waals surface area contributed by atoms with E-state index >= 15 is 0 Å². The molecule has 1 nitrogen and oxygen atoms in total. The Morgan fingerprint density at radius 3 is 1.68 bits per heavy atom. The highest BCUT2D eigenvalue weighted by atomic mass is 16.5. The molecule has 0 fully saturated rings. The lowest BCUT2D eigenvalue weighted by molar-refractivity contribution is 0.185. The van der Waals surface area contributed by atoms with Crippen LogP contribution < -0.4 is 0 Å². The summed E-state index contributed by atoms with van der Waals surface area (Å²) in [6, 6.07) is 20.4. The van der Waals surface area contributed by atoms with Gasteiger partial charge in [-0.3, -0.25) is 0 Å². The Labute approximate surface area is 117 Å². The maximum atomic E-state index is 4.93. The summed E-state index contributed by atoms with van der Waals surface area (Å²) in [5.41, 5.74) is 2.54. The number of rotatable bonds is 2. The van der Waals surface area contributed by atoms with Gasteiger partial charge in [0, 0.05) is 7.11 Å². The summed E-state index contributed by atoms with van der Waals surface area (Å²) >= 11 is 0. The number of ether oxygens (including phenoxy) is 1. The van der Waals surface area contributed by atoms with E-state index in [0.717, 1.165) is 0 Å². The Balaban J connectivity index is 0.000000289. The van der Waals surface area contributed by atoms with Crippen LogP contribution in [0.25, 0.3) is 0 Å². The van der Waals surface area contributed by atoms with Crippen LogP contribution in [-0.2, 0) is 11.3 Å². The third-order valence-corrected chi connectivity index (χ3v) is 2.09. The van der Waals surface area contributed by atoms with Gasteiger partial charge in [-0.1, -0.05) is 72.3 Å². The molecule has 0 atom stereocenters. The first-order valence-electron chi connectivity index (χ1n) is 6.36. The maximum absolute atomic E-state index is 4.93. The molecule has 0 N–H and O–H groups in total. The molecule has 0 aliphatic heterocycles. The average Bonchev–Trinajstić information content (AvgIpc) is 2.43. The zero-order chi connectivity index (χ0) is 14.3. The molecule has 0 radical (unpaired) electrons. The summed E-state index contributed by atoms with van der Waals surface area (Å²) in [6.45, 7) is 8.04. The van der Waals surface area contributed by atoms with Crippen LogP contribution in [0.5, 0.6) is 0 Å². The van der Waals surface area contributed by atoms with E-state index < -0.39 is 0 Å². The molecule has 0 heterocycles. The number of hydrogen-bond acceptors (Lipinski definition) is 1. The second kappa shape index (κ2) is 12.6. The molecule has 0 saturated carbocycles. The van der Waals surface area contributed by atoms with Gasteiger partial charge in [0.05, 0.1) is 6.61 Å². The van der Waals surface area contributed by atoms with Gasteiger partial charge in [-0.2, -0.15) is 0 Å². The quantitative estimate of drug-likeness (QED) is 0.685. The lowest BCUT2D eigenvalue weighted by atomic mass is 10.2. The molecular weight excluding hydrogens is 232 g/mol. The van der Waals surface area contributed by atoms with Gasteiger partial charge in [-0.15, -0.1) is 6.58 Å². The Morgan fingerprint density at radius 2 is 1.37 bits per heavy atom. The summed E-state index contributed by atoms with van der Waals surface area (Å²) in [7, 11) is 1.70. The van der Waals surface area contributed by atoms with Crippen molar-refractivity contribution < 1.29 is 4.74 Å². The third kappa shape index (κ3) is 11.0. The molecule has 0 amide bonds. The summed E-state index contributed by atoms with van der Waals surface area (Å²) in [5, 5.41) is 0. The van der Waals surface area contributed by atoms with Crippen molar-refractivity contribution in [2.75, 3.05) is 7.11 Å². The van der Waals surface area contributed by atoms with Crippen molar-refractivity contribution in [2.24, 2.45) is 0 Å². The molecule has 0 unspecified atom stereocenters. The fourth-order valence-electron chi connectivity index (χ4n) is 1.28. The van der Waals surface area contributed by atoms with Crippen LogP contribution in [0.2, 0.25) is 0 Å². The molecule has 19 heavy (non-hydrogen) atoms. The van der Waals surface area contributed by atoms with Gasteiger partial charge < -0.3 is 4.74 Å². The van der Waals surface area contributed by atoms with E-state index in [4.69, 9.17) is 4.74 Å². The van der Waals surface area contributed by atoms with Crippen molar-refractivity contribution in [2.45, 2.75) is 20.5 Å². The van der Waals surface area contributed by atoms with Gasteiger partial charge in [-0.25, -0.2) is 0 Å². The van der Waals surface area contributed by atoms with Crippen molar-refractivity contribution in [3.8, 4) is 0 Å². The molecular formula is C18H24O. The first-order chi connectivity index (χ1) is 9.24. The van der Waals surface area contributed by atoms with E-state index in [1.54, 1.807) is 13.2 Å². The minimum absolute atomic E-state index is 0.709. The van der Waals surface area contributed by atoms with Crippen molar-refractivity contribution in [1.29, 1.82) is 0 Å². The molecule has 2 aromatic rings. The van der Waals surface area contributed by atoms with Gasteiger partial charge >= 0.3 is 0 Å². The van der Waals surface area contributed by atoms with Gasteiger partial charge in [0.15, 0.2) is 0 Å². The monoisotopic (exact) mass is 256 g/mol. The van der Waals surface area contributed by atoms with Crippen molar-refractivity contribution in [3.05, 3.63) is 84.4 Å². The largest absolute Gasteiger partial charge is 0.380 e. The molecule has 0 aliphatic carbocycles. The maximum Gasteiger partial charge on any atom is 0.0713 e. The second-order valence-electron chi connectivity index (χ2n) is 3.98. The van der Waals surface area contributed by atoms with Gasteiger partial charge in [0.25, 0.3) is 0 Å². The van der Waals surface area contributed by atoms with E-state index in [2.05, 4.69) is 25.6 Å². The fourth-order valence-corrected chi connectivity index (χ4v) is 1.28. The molecule has 0 aliphatic rings. The second-order valence-corrected chi connectivity index (χ2v) is 3.98. The number of hydrogen-bond donors (Lipinski definition) is 0. The van der Waals surface area contributed by atoms with Gasteiger partial charge in [0.1, 0.15) is 0 Å². The zero-order valence-corrected chi connectivity index (χ0v) is 12.2. The predicted molar refractivity (Wildman–Crippen MR) is 84.2 cm³/mol. The summed E-state index contributed by atoms with van der Waals surface area (Å²) in [6.07, 6.45) is 1.75. The van der Waals surface area contributed by atoms with Crippen LogP contribution >= 0.6 is 0 Å². The predicted octanol–water partition coefficient (Wildman–Crippen LogP) is 5.02. The van der Waals surface area contributed by atoms with E-state index in [9.17, 15) is 0 Å². The first-order valence-corrected chi connectivity index (χ1v) is 6.36. The standard InChI is InChI=1S/C8H10O.C7H8.C3H6/c1-9-7-8-5-3-2-4-6-8;1-7-5-3-2-4-6-7;1-3-2/h2-6H,7H2,1H3;2-6H,1H3;3H,1H2,2H3. The van der Waals surface area contributed by atoms with Crippen LogP contribution in [0.1, 0.15) is 18.1 Å². The van der Waals surface area contributed by atoms with Crippen molar-refractivity contribution >= 4 is 0 Å². The summed E-state index contributed by atoms with van der Waals surface area (Å²) < 4.78 is 4.93. The number of aryl methyl sites for hydroxylation is 1. The lowest BCUT2D eigenvalue weighted by Crippen LogP contribution is -1.84. The summed E-state index contributed by atoms with van der Waals surface area (Å²) in [5.74, 6) is 0. The normalized spacial score (nSPS) is 8.37. The Morgan fingerprint density at radius 1 is 0.947 bits per heavy atom. The van der Waals surface area contributed by atoms with E-state index in [0.29, 0.717) is 6.61 Å². The van der Waals surface area contributed by atoms with Crippen LogP contribution in [0.15, 0.2) is 73.3 Å². The van der Waals surface area contributed by atoms with Crippen LogP contribution in [0, 0.1) is 6.92 Å². The van der Waals surface area contributed by atoms with Crippen LogP contribution in [0.4, 0.5) is 0 Å². The highest BCUT2D eigenvalue weighted by molar-refractivity contribution is 5.13. The molecule has 0 bridgehead atoms. The molecule has 2 aromatic carbocycles. The summed E-state index contributed by atoms with van der Waals surface area (Å²) in [4.78, 5) is 0. The zero-order valence-electron chi connectivity index (χ0n) is 12.2. The Bertz CT molecular complexity index is 406. The minimum Gasteiger partial charge on any atom is -0.380 e. The Kier molecular flexibility index (Phi) is 11.4. The highest BCUT2D eigenvalue weighted by Crippen LogP contribution is 1.98. The molecule has 0 spiro atoms. The van der Waals surface area contributed by atoms with E-state index in [1.807, 2.05) is 55.5 Å². The molecule has 0 saturated heterocycles. The molecule has 1 heteroatoms.